The predicted molar refractivity (Wildman–Crippen MR) is 113 cm³/mol. The van der Waals surface area contributed by atoms with E-state index in [0.29, 0.717) is 17.9 Å². The van der Waals surface area contributed by atoms with Gasteiger partial charge < -0.3 is 9.47 Å². The monoisotopic (exact) mass is 407 g/mol. The van der Waals surface area contributed by atoms with Gasteiger partial charge in [-0.15, -0.1) is 11.3 Å². The van der Waals surface area contributed by atoms with Gasteiger partial charge in [0.05, 0.1) is 24.0 Å². The number of hydrogen-bond donors (Lipinski definition) is 1. The van der Waals surface area contributed by atoms with Gasteiger partial charge in [-0.25, -0.2) is 9.50 Å². The molecule has 0 spiro atoms. The lowest BCUT2D eigenvalue weighted by molar-refractivity contribution is -0.0399. The van der Waals surface area contributed by atoms with Crippen LogP contribution >= 0.6 is 11.3 Å². The molecule has 6 nitrogen and oxygen atoms in total. The molecule has 0 amide bonds. The standard InChI is InChI=1S/C22H21N3O3S/c26-21-11-17(13-28-18-6-8-27-9-7-18)24-22-19(12-23-25(21)22)20-10-16(14-29-20)15-4-2-1-3-5-15/h1-5,10-12,14,18,23H,6-9,13H2. The first kappa shape index (κ1) is 18.3. The van der Waals surface area contributed by atoms with Gasteiger partial charge in [0.1, 0.15) is 0 Å². The van der Waals surface area contributed by atoms with Crippen molar-refractivity contribution in [2.75, 3.05) is 13.2 Å². The number of benzene rings is 1. The Morgan fingerprint density at radius 1 is 1.17 bits per heavy atom. The highest BCUT2D eigenvalue weighted by Crippen LogP contribution is 2.34. The van der Waals surface area contributed by atoms with Crippen LogP contribution < -0.4 is 5.56 Å². The van der Waals surface area contributed by atoms with Crippen molar-refractivity contribution < 1.29 is 9.47 Å². The second-order valence-corrected chi connectivity index (χ2v) is 8.03. The second-order valence-electron chi connectivity index (χ2n) is 7.12. The van der Waals surface area contributed by atoms with Crippen LogP contribution in [0, 0.1) is 0 Å². The van der Waals surface area contributed by atoms with Gasteiger partial charge in [-0.1, -0.05) is 30.3 Å². The van der Waals surface area contributed by atoms with E-state index in [-0.39, 0.29) is 11.7 Å². The zero-order valence-corrected chi connectivity index (χ0v) is 16.7. The lowest BCUT2D eigenvalue weighted by Crippen LogP contribution is -2.24. The smallest absolute Gasteiger partial charge is 0.272 e. The molecule has 5 rings (SSSR count). The summed E-state index contributed by atoms with van der Waals surface area (Å²) < 4.78 is 12.8. The Balaban J connectivity index is 1.45. The third-order valence-electron chi connectivity index (χ3n) is 5.16. The summed E-state index contributed by atoms with van der Waals surface area (Å²) in [5.74, 6) is 0. The van der Waals surface area contributed by atoms with Crippen molar-refractivity contribution in [2.24, 2.45) is 0 Å². The van der Waals surface area contributed by atoms with Crippen molar-refractivity contribution in [2.45, 2.75) is 25.6 Å². The van der Waals surface area contributed by atoms with Crippen molar-refractivity contribution in [3.8, 4) is 21.6 Å². The number of hydrogen-bond acceptors (Lipinski definition) is 5. The summed E-state index contributed by atoms with van der Waals surface area (Å²) in [6.07, 6.45) is 3.77. The first-order valence-corrected chi connectivity index (χ1v) is 10.6. The summed E-state index contributed by atoms with van der Waals surface area (Å²) >= 11 is 1.64. The molecule has 0 bridgehead atoms. The SMILES string of the molecule is O=c1cc(COC2CCOCC2)nc2c(-c3cc(-c4ccccc4)cs3)c[nH]n12. The molecule has 29 heavy (non-hydrogen) atoms. The average molecular weight is 407 g/mol. The summed E-state index contributed by atoms with van der Waals surface area (Å²) in [5, 5.41) is 5.16. The minimum atomic E-state index is -0.133. The van der Waals surface area contributed by atoms with E-state index >= 15 is 0 Å². The van der Waals surface area contributed by atoms with Gasteiger partial charge in [-0.3, -0.25) is 9.89 Å². The Morgan fingerprint density at radius 2 is 2.00 bits per heavy atom. The summed E-state index contributed by atoms with van der Waals surface area (Å²) in [4.78, 5) is 18.3. The van der Waals surface area contributed by atoms with E-state index in [0.717, 1.165) is 42.1 Å². The molecule has 0 atom stereocenters. The van der Waals surface area contributed by atoms with Crippen LogP contribution in [-0.4, -0.2) is 33.9 Å². The molecule has 3 aromatic heterocycles. The molecule has 1 aromatic carbocycles. The molecule has 0 aliphatic carbocycles. The largest absolute Gasteiger partial charge is 0.381 e. The Kier molecular flexibility index (Phi) is 5.01. The topological polar surface area (TPSA) is 68.6 Å². The maximum atomic E-state index is 12.5. The van der Waals surface area contributed by atoms with Gasteiger partial charge in [-0.2, -0.15) is 0 Å². The Bertz CT molecular complexity index is 1170. The Labute approximate surface area is 171 Å². The van der Waals surface area contributed by atoms with Crippen LogP contribution in [0.3, 0.4) is 0 Å². The first-order chi connectivity index (χ1) is 14.3. The van der Waals surface area contributed by atoms with Crippen LogP contribution in [0.2, 0.25) is 0 Å². The van der Waals surface area contributed by atoms with Crippen LogP contribution in [0.4, 0.5) is 0 Å². The average Bonchev–Trinajstić information content (AvgIpc) is 3.41. The lowest BCUT2D eigenvalue weighted by atomic mass is 10.1. The first-order valence-electron chi connectivity index (χ1n) is 9.72. The van der Waals surface area contributed by atoms with Gasteiger partial charge in [0.2, 0.25) is 0 Å². The quantitative estimate of drug-likeness (QED) is 0.540. The minimum absolute atomic E-state index is 0.133. The van der Waals surface area contributed by atoms with Crippen LogP contribution in [0.5, 0.6) is 0 Å². The molecule has 4 aromatic rings. The summed E-state index contributed by atoms with van der Waals surface area (Å²) in [7, 11) is 0. The molecule has 1 aliphatic rings. The molecule has 1 aliphatic heterocycles. The molecular weight excluding hydrogens is 386 g/mol. The van der Waals surface area contributed by atoms with Gasteiger partial charge in [0.25, 0.3) is 5.56 Å². The Morgan fingerprint density at radius 3 is 2.83 bits per heavy atom. The predicted octanol–water partition coefficient (Wildman–Crippen LogP) is 4.11. The number of fused-ring (bicyclic) bond motifs is 1. The van der Waals surface area contributed by atoms with Crippen molar-refractivity contribution in [1.29, 1.82) is 0 Å². The third-order valence-corrected chi connectivity index (χ3v) is 6.12. The zero-order valence-electron chi connectivity index (χ0n) is 15.8. The van der Waals surface area contributed by atoms with Crippen LogP contribution in [0.25, 0.3) is 27.2 Å². The molecular formula is C22H21N3O3S. The Hall–Kier alpha value is -2.74. The number of nitrogens with zero attached hydrogens (tertiary/aromatic N) is 2. The molecule has 1 fully saturated rings. The number of nitrogens with one attached hydrogen (secondary N) is 1. The zero-order chi connectivity index (χ0) is 19.6. The van der Waals surface area contributed by atoms with E-state index in [2.05, 4.69) is 28.7 Å². The molecule has 1 N–H and O–H groups in total. The molecule has 0 saturated carbocycles. The van der Waals surface area contributed by atoms with E-state index in [9.17, 15) is 4.79 Å². The number of H-pyrrole nitrogens is 1. The number of aromatic nitrogens is 3. The maximum absolute atomic E-state index is 12.5. The maximum Gasteiger partial charge on any atom is 0.272 e. The van der Waals surface area contributed by atoms with E-state index in [1.807, 2.05) is 24.4 Å². The molecule has 4 heterocycles. The van der Waals surface area contributed by atoms with Gasteiger partial charge >= 0.3 is 0 Å². The van der Waals surface area contributed by atoms with E-state index in [1.54, 1.807) is 11.3 Å². The molecule has 0 unspecified atom stereocenters. The van der Waals surface area contributed by atoms with E-state index in [1.165, 1.54) is 16.1 Å². The highest BCUT2D eigenvalue weighted by Gasteiger charge is 2.16. The molecule has 7 heteroatoms. The number of aromatic amines is 1. The van der Waals surface area contributed by atoms with Crippen LogP contribution in [0.1, 0.15) is 18.5 Å². The fourth-order valence-electron chi connectivity index (χ4n) is 3.59. The second kappa shape index (κ2) is 7.94. The fraction of sp³-hybridized carbons (Fsp3) is 0.273. The number of ether oxygens (including phenoxy) is 2. The van der Waals surface area contributed by atoms with Crippen molar-refractivity contribution in [3.05, 3.63) is 70.1 Å². The van der Waals surface area contributed by atoms with E-state index in [4.69, 9.17) is 14.5 Å². The molecule has 0 radical (unpaired) electrons. The highest BCUT2D eigenvalue weighted by atomic mass is 32.1. The minimum Gasteiger partial charge on any atom is -0.381 e. The van der Waals surface area contributed by atoms with Gasteiger partial charge in [0, 0.05) is 30.4 Å². The van der Waals surface area contributed by atoms with Gasteiger partial charge in [0.15, 0.2) is 5.65 Å². The molecule has 148 valence electrons. The van der Waals surface area contributed by atoms with Crippen LogP contribution in [0.15, 0.2) is 58.8 Å². The third kappa shape index (κ3) is 3.76. The molecule has 1 saturated heterocycles. The van der Waals surface area contributed by atoms with E-state index < -0.39 is 0 Å². The fourth-order valence-corrected chi connectivity index (χ4v) is 4.52. The van der Waals surface area contributed by atoms with Crippen molar-refractivity contribution >= 4 is 17.0 Å². The lowest BCUT2D eigenvalue weighted by Gasteiger charge is -2.22. The summed E-state index contributed by atoms with van der Waals surface area (Å²) in [6.45, 7) is 1.79. The normalized spacial score (nSPS) is 15.2. The van der Waals surface area contributed by atoms with Crippen molar-refractivity contribution in [1.82, 2.24) is 14.6 Å². The van der Waals surface area contributed by atoms with Crippen LogP contribution in [-0.2, 0) is 16.1 Å². The van der Waals surface area contributed by atoms with Gasteiger partial charge in [-0.05, 0) is 35.4 Å². The number of thiophene rings is 1. The number of rotatable bonds is 5. The van der Waals surface area contributed by atoms with Crippen molar-refractivity contribution in [3.63, 3.8) is 0 Å². The summed E-state index contributed by atoms with van der Waals surface area (Å²) in [6, 6.07) is 13.9. The highest BCUT2D eigenvalue weighted by molar-refractivity contribution is 7.14. The summed E-state index contributed by atoms with van der Waals surface area (Å²) in [5.41, 5.74) is 4.40.